The van der Waals surface area contributed by atoms with Crippen LogP contribution >= 0.6 is 15.9 Å². The van der Waals surface area contributed by atoms with E-state index in [-0.39, 0.29) is 10.9 Å². The maximum absolute atomic E-state index is 12.4. The molecule has 20 heavy (non-hydrogen) atoms. The van der Waals surface area contributed by atoms with Crippen LogP contribution in [-0.2, 0) is 10.0 Å². The molecule has 3 nitrogen and oxygen atoms in total. The quantitative estimate of drug-likeness (QED) is 0.886. The predicted molar refractivity (Wildman–Crippen MR) is 83.9 cm³/mol. The summed E-state index contributed by atoms with van der Waals surface area (Å²) in [5.41, 5.74) is 0.968. The maximum atomic E-state index is 12.4. The Morgan fingerprint density at radius 3 is 2.20 bits per heavy atom. The number of hydrogen-bond acceptors (Lipinski definition) is 2. The molecule has 1 N–H and O–H groups in total. The normalized spacial score (nSPS) is 13.1. The first-order valence-electron chi connectivity index (χ1n) is 6.36. The molecule has 0 amide bonds. The van der Waals surface area contributed by atoms with Crippen LogP contribution in [-0.4, -0.2) is 8.42 Å². The minimum Gasteiger partial charge on any atom is -0.207 e. The zero-order valence-corrected chi connectivity index (χ0v) is 13.5. The first kappa shape index (κ1) is 15.2. The summed E-state index contributed by atoms with van der Waals surface area (Å²) in [6.07, 6.45) is 0.694. The number of sulfonamides is 1. The lowest BCUT2D eigenvalue weighted by molar-refractivity contribution is 0.550. The van der Waals surface area contributed by atoms with Gasteiger partial charge in [0, 0.05) is 10.5 Å². The fraction of sp³-hybridized carbons (Fsp3) is 0.200. The first-order chi connectivity index (χ1) is 9.53. The lowest BCUT2D eigenvalue weighted by Crippen LogP contribution is -2.28. The molecule has 5 heteroatoms. The average molecular weight is 354 g/mol. The third-order valence-electron chi connectivity index (χ3n) is 3.03. The second-order valence-electron chi connectivity index (χ2n) is 4.45. The van der Waals surface area contributed by atoms with E-state index < -0.39 is 10.0 Å². The maximum Gasteiger partial charge on any atom is 0.241 e. The van der Waals surface area contributed by atoms with E-state index in [0.717, 1.165) is 10.0 Å². The van der Waals surface area contributed by atoms with Crippen molar-refractivity contribution in [3.8, 4) is 0 Å². The van der Waals surface area contributed by atoms with Gasteiger partial charge in [0.2, 0.25) is 10.0 Å². The summed E-state index contributed by atoms with van der Waals surface area (Å²) >= 11 is 3.30. The number of hydrogen-bond donors (Lipinski definition) is 1. The highest BCUT2D eigenvalue weighted by Crippen LogP contribution is 2.21. The Labute approximate surface area is 128 Å². The molecule has 0 aliphatic carbocycles. The van der Waals surface area contributed by atoms with E-state index >= 15 is 0 Å². The third kappa shape index (κ3) is 3.69. The molecule has 1 unspecified atom stereocenters. The molecule has 0 radical (unpaired) electrons. The lowest BCUT2D eigenvalue weighted by Gasteiger charge is -2.17. The Morgan fingerprint density at radius 1 is 1.05 bits per heavy atom. The zero-order valence-electron chi connectivity index (χ0n) is 11.1. The molecule has 0 aliphatic rings. The van der Waals surface area contributed by atoms with Gasteiger partial charge in [-0.15, -0.1) is 0 Å². The molecule has 106 valence electrons. The van der Waals surface area contributed by atoms with Gasteiger partial charge in [-0.2, -0.15) is 0 Å². The summed E-state index contributed by atoms with van der Waals surface area (Å²) < 4.78 is 28.3. The number of benzene rings is 2. The molecule has 0 bridgehead atoms. The monoisotopic (exact) mass is 353 g/mol. The molecule has 2 aromatic carbocycles. The van der Waals surface area contributed by atoms with Crippen molar-refractivity contribution in [2.24, 2.45) is 0 Å². The fourth-order valence-corrected chi connectivity index (χ4v) is 3.51. The molecule has 0 aromatic heterocycles. The van der Waals surface area contributed by atoms with Gasteiger partial charge in [-0.1, -0.05) is 53.2 Å². The van der Waals surface area contributed by atoms with E-state index in [1.165, 1.54) is 0 Å². The minimum absolute atomic E-state index is 0.218. The van der Waals surface area contributed by atoms with Gasteiger partial charge in [0.05, 0.1) is 4.90 Å². The molecule has 2 rings (SSSR count). The SMILES string of the molecule is CCC(NS(=O)(=O)c1ccc(Br)cc1)c1ccccc1. The van der Waals surface area contributed by atoms with E-state index in [2.05, 4.69) is 20.7 Å². The topological polar surface area (TPSA) is 46.2 Å². The van der Waals surface area contributed by atoms with Gasteiger partial charge in [0.25, 0.3) is 0 Å². The average Bonchev–Trinajstić information content (AvgIpc) is 2.46. The summed E-state index contributed by atoms with van der Waals surface area (Å²) in [4.78, 5) is 0.273. The standard InChI is InChI=1S/C15H16BrNO2S/c1-2-15(12-6-4-3-5-7-12)17-20(18,19)14-10-8-13(16)9-11-14/h3-11,15,17H,2H2,1H3. The Bertz CT molecular complexity index is 654. The summed E-state index contributed by atoms with van der Waals surface area (Å²) in [5.74, 6) is 0. The van der Waals surface area contributed by atoms with Crippen LogP contribution < -0.4 is 4.72 Å². The van der Waals surface area contributed by atoms with Crippen molar-refractivity contribution in [3.63, 3.8) is 0 Å². The van der Waals surface area contributed by atoms with E-state index in [1.54, 1.807) is 24.3 Å². The molecule has 1 atom stereocenters. The molecule has 0 saturated carbocycles. The Kier molecular flexibility index (Phi) is 4.96. The zero-order chi connectivity index (χ0) is 14.6. The smallest absolute Gasteiger partial charge is 0.207 e. The highest BCUT2D eigenvalue weighted by Gasteiger charge is 2.19. The molecular formula is C15H16BrNO2S. The molecule has 0 fully saturated rings. The molecular weight excluding hydrogens is 338 g/mol. The molecule has 0 aliphatic heterocycles. The summed E-state index contributed by atoms with van der Waals surface area (Å²) in [6.45, 7) is 1.96. The highest BCUT2D eigenvalue weighted by molar-refractivity contribution is 9.10. The van der Waals surface area contributed by atoms with Gasteiger partial charge >= 0.3 is 0 Å². The van der Waals surface area contributed by atoms with Gasteiger partial charge < -0.3 is 0 Å². The van der Waals surface area contributed by atoms with Crippen molar-refractivity contribution in [2.75, 3.05) is 0 Å². The van der Waals surface area contributed by atoms with Crippen LogP contribution in [0.2, 0.25) is 0 Å². The van der Waals surface area contributed by atoms with Gasteiger partial charge in [-0.3, -0.25) is 0 Å². The molecule has 2 aromatic rings. The molecule has 0 saturated heterocycles. The number of rotatable bonds is 5. The van der Waals surface area contributed by atoms with Crippen molar-refractivity contribution in [2.45, 2.75) is 24.3 Å². The van der Waals surface area contributed by atoms with E-state index in [1.807, 2.05) is 37.3 Å². The second kappa shape index (κ2) is 6.52. The first-order valence-corrected chi connectivity index (χ1v) is 8.63. The second-order valence-corrected chi connectivity index (χ2v) is 7.08. The van der Waals surface area contributed by atoms with Crippen LogP contribution in [0.15, 0.2) is 64.0 Å². The van der Waals surface area contributed by atoms with Crippen LogP contribution in [0.3, 0.4) is 0 Å². The van der Waals surface area contributed by atoms with Gasteiger partial charge in [-0.25, -0.2) is 13.1 Å². The Morgan fingerprint density at radius 2 is 1.65 bits per heavy atom. The van der Waals surface area contributed by atoms with Crippen LogP contribution in [0, 0.1) is 0 Å². The lowest BCUT2D eigenvalue weighted by atomic mass is 10.1. The predicted octanol–water partition coefficient (Wildman–Crippen LogP) is 3.88. The van der Waals surface area contributed by atoms with E-state index in [9.17, 15) is 8.42 Å². The van der Waals surface area contributed by atoms with E-state index in [4.69, 9.17) is 0 Å². The van der Waals surface area contributed by atoms with Crippen LogP contribution in [0.5, 0.6) is 0 Å². The fourth-order valence-electron chi connectivity index (χ4n) is 1.94. The van der Waals surface area contributed by atoms with E-state index in [0.29, 0.717) is 6.42 Å². The van der Waals surface area contributed by atoms with Gasteiger partial charge in [0.1, 0.15) is 0 Å². The highest BCUT2D eigenvalue weighted by atomic mass is 79.9. The molecule has 0 heterocycles. The van der Waals surface area contributed by atoms with Crippen molar-refractivity contribution in [3.05, 3.63) is 64.6 Å². The Balaban J connectivity index is 2.24. The summed E-state index contributed by atoms with van der Waals surface area (Å²) in [5, 5.41) is 0. The number of halogens is 1. The van der Waals surface area contributed by atoms with Gasteiger partial charge in [0.15, 0.2) is 0 Å². The van der Waals surface area contributed by atoms with Crippen molar-refractivity contribution in [1.29, 1.82) is 0 Å². The van der Waals surface area contributed by atoms with Crippen LogP contribution in [0.4, 0.5) is 0 Å². The van der Waals surface area contributed by atoms with Crippen LogP contribution in [0.25, 0.3) is 0 Å². The van der Waals surface area contributed by atoms with Crippen molar-refractivity contribution in [1.82, 2.24) is 4.72 Å². The Hall–Kier alpha value is -1.17. The van der Waals surface area contributed by atoms with Crippen molar-refractivity contribution < 1.29 is 8.42 Å². The minimum atomic E-state index is -3.51. The van der Waals surface area contributed by atoms with Crippen LogP contribution in [0.1, 0.15) is 24.9 Å². The van der Waals surface area contributed by atoms with Gasteiger partial charge in [-0.05, 0) is 36.2 Å². The largest absolute Gasteiger partial charge is 0.241 e. The summed E-state index contributed by atoms with van der Waals surface area (Å²) in [6, 6.07) is 16.0. The summed E-state index contributed by atoms with van der Waals surface area (Å²) in [7, 11) is -3.51. The number of nitrogens with one attached hydrogen (secondary N) is 1. The van der Waals surface area contributed by atoms with Crippen molar-refractivity contribution >= 4 is 26.0 Å². The molecule has 0 spiro atoms. The third-order valence-corrected chi connectivity index (χ3v) is 5.05.